The minimum atomic E-state index is -1.27. The van der Waals surface area contributed by atoms with Crippen LogP contribution in [0.5, 0.6) is 0 Å². The SMILES string of the molecule is CCCCCNC(=O)CCNC(=O)[C@H](O)[C@@](C)(CO)CCC. The van der Waals surface area contributed by atoms with Crippen LogP contribution in [0.3, 0.4) is 0 Å². The maximum Gasteiger partial charge on any atom is 0.249 e. The number of aliphatic hydroxyl groups is 2. The van der Waals surface area contributed by atoms with Gasteiger partial charge in [0, 0.05) is 24.9 Å². The molecular formula is C16H32N2O4. The van der Waals surface area contributed by atoms with Gasteiger partial charge in [0.15, 0.2) is 0 Å². The van der Waals surface area contributed by atoms with Crippen molar-refractivity contribution in [2.45, 2.75) is 65.4 Å². The first-order valence-corrected chi connectivity index (χ1v) is 8.24. The average molecular weight is 316 g/mol. The van der Waals surface area contributed by atoms with Crippen molar-refractivity contribution >= 4 is 11.8 Å². The smallest absolute Gasteiger partial charge is 0.249 e. The molecule has 0 heterocycles. The first-order chi connectivity index (χ1) is 10.4. The van der Waals surface area contributed by atoms with Crippen molar-refractivity contribution in [3.8, 4) is 0 Å². The van der Waals surface area contributed by atoms with Crippen molar-refractivity contribution in [1.82, 2.24) is 10.6 Å². The fraction of sp³-hybridized carbons (Fsp3) is 0.875. The van der Waals surface area contributed by atoms with Crippen LogP contribution in [-0.4, -0.2) is 47.8 Å². The third-order valence-electron chi connectivity index (χ3n) is 3.84. The van der Waals surface area contributed by atoms with Crippen LogP contribution in [0.25, 0.3) is 0 Å². The van der Waals surface area contributed by atoms with E-state index in [1.807, 2.05) is 6.92 Å². The lowest BCUT2D eigenvalue weighted by molar-refractivity contribution is -0.138. The number of aliphatic hydroxyl groups excluding tert-OH is 2. The molecule has 0 saturated heterocycles. The molecule has 4 N–H and O–H groups in total. The van der Waals surface area contributed by atoms with Gasteiger partial charge in [-0.25, -0.2) is 0 Å². The zero-order chi connectivity index (χ0) is 17.0. The van der Waals surface area contributed by atoms with Gasteiger partial charge in [-0.1, -0.05) is 40.0 Å². The van der Waals surface area contributed by atoms with Gasteiger partial charge in [0.2, 0.25) is 11.8 Å². The zero-order valence-corrected chi connectivity index (χ0v) is 14.2. The molecule has 0 rings (SSSR count). The highest BCUT2D eigenvalue weighted by atomic mass is 16.3. The fourth-order valence-electron chi connectivity index (χ4n) is 2.28. The number of nitrogens with one attached hydrogen (secondary N) is 2. The van der Waals surface area contributed by atoms with E-state index in [-0.39, 0.29) is 25.5 Å². The second kappa shape index (κ2) is 11.4. The Balaban J connectivity index is 4.04. The van der Waals surface area contributed by atoms with Crippen LogP contribution in [0, 0.1) is 5.41 Å². The van der Waals surface area contributed by atoms with E-state index >= 15 is 0 Å². The van der Waals surface area contributed by atoms with E-state index in [0.29, 0.717) is 13.0 Å². The summed E-state index contributed by atoms with van der Waals surface area (Å²) in [6.07, 6.45) is 3.38. The van der Waals surface area contributed by atoms with Crippen molar-refractivity contribution in [1.29, 1.82) is 0 Å². The summed E-state index contributed by atoms with van der Waals surface area (Å²) < 4.78 is 0. The highest BCUT2D eigenvalue weighted by Crippen LogP contribution is 2.27. The Labute approximate surface area is 133 Å². The highest BCUT2D eigenvalue weighted by molar-refractivity contribution is 5.82. The third kappa shape index (κ3) is 7.75. The van der Waals surface area contributed by atoms with E-state index in [2.05, 4.69) is 17.6 Å². The van der Waals surface area contributed by atoms with Gasteiger partial charge in [0.05, 0.1) is 6.61 Å². The van der Waals surface area contributed by atoms with Crippen LogP contribution in [0.1, 0.15) is 59.3 Å². The molecule has 22 heavy (non-hydrogen) atoms. The molecule has 0 aromatic carbocycles. The molecule has 0 fully saturated rings. The Morgan fingerprint density at radius 2 is 1.77 bits per heavy atom. The molecule has 0 bridgehead atoms. The monoisotopic (exact) mass is 316 g/mol. The Hall–Kier alpha value is -1.14. The van der Waals surface area contributed by atoms with Crippen molar-refractivity contribution in [3.63, 3.8) is 0 Å². The van der Waals surface area contributed by atoms with E-state index in [0.717, 1.165) is 25.7 Å². The molecule has 0 aliphatic heterocycles. The summed E-state index contributed by atoms with van der Waals surface area (Å²) in [5, 5.41) is 24.8. The van der Waals surface area contributed by atoms with Crippen LogP contribution < -0.4 is 10.6 Å². The molecule has 6 nitrogen and oxygen atoms in total. The van der Waals surface area contributed by atoms with Crippen LogP contribution in [0.15, 0.2) is 0 Å². The lowest BCUT2D eigenvalue weighted by Gasteiger charge is -2.31. The first-order valence-electron chi connectivity index (χ1n) is 8.24. The molecule has 0 aromatic heterocycles. The minimum absolute atomic E-state index is 0.107. The van der Waals surface area contributed by atoms with Gasteiger partial charge in [-0.2, -0.15) is 0 Å². The van der Waals surface area contributed by atoms with Crippen LogP contribution >= 0.6 is 0 Å². The number of unbranched alkanes of at least 4 members (excludes halogenated alkanes) is 2. The van der Waals surface area contributed by atoms with E-state index in [1.165, 1.54) is 0 Å². The van der Waals surface area contributed by atoms with Gasteiger partial charge in [-0.05, 0) is 12.8 Å². The number of amides is 2. The minimum Gasteiger partial charge on any atom is -0.396 e. The predicted octanol–water partition coefficient (Wildman–Crippen LogP) is 0.959. The first kappa shape index (κ1) is 20.9. The van der Waals surface area contributed by atoms with Crippen LogP contribution in [0.2, 0.25) is 0 Å². The largest absolute Gasteiger partial charge is 0.396 e. The maximum atomic E-state index is 11.9. The normalized spacial score (nSPS) is 15.0. The highest BCUT2D eigenvalue weighted by Gasteiger charge is 2.36. The molecule has 0 radical (unpaired) electrons. The summed E-state index contributed by atoms with van der Waals surface area (Å²) in [5.41, 5.74) is -0.846. The summed E-state index contributed by atoms with van der Waals surface area (Å²) in [6, 6.07) is 0. The standard InChI is InChI=1S/C16H32N2O4/c1-4-6-7-10-17-13(20)8-11-18-15(22)14(21)16(3,12-19)9-5-2/h14,19,21H,4-12H2,1-3H3,(H,17,20)(H,18,22)/t14-,16+/m0/s1. The number of hydrogen-bond donors (Lipinski definition) is 4. The van der Waals surface area contributed by atoms with Crippen molar-refractivity contribution in [2.75, 3.05) is 19.7 Å². The number of carbonyl (C=O) groups excluding carboxylic acids is 2. The van der Waals surface area contributed by atoms with E-state index in [1.54, 1.807) is 6.92 Å². The molecule has 0 aromatic rings. The van der Waals surface area contributed by atoms with Gasteiger partial charge in [0.1, 0.15) is 6.10 Å². The molecule has 2 atom stereocenters. The summed E-state index contributed by atoms with van der Waals surface area (Å²) in [4.78, 5) is 23.4. The molecule has 130 valence electrons. The topological polar surface area (TPSA) is 98.7 Å². The summed E-state index contributed by atoms with van der Waals surface area (Å²) >= 11 is 0. The predicted molar refractivity (Wildman–Crippen MR) is 86.3 cm³/mol. The maximum absolute atomic E-state index is 11.9. The Kier molecular flexibility index (Phi) is 10.8. The van der Waals surface area contributed by atoms with Crippen LogP contribution in [-0.2, 0) is 9.59 Å². The molecule has 0 saturated carbocycles. The molecule has 0 aliphatic rings. The second-order valence-corrected chi connectivity index (χ2v) is 6.06. The van der Waals surface area contributed by atoms with Crippen molar-refractivity contribution in [3.05, 3.63) is 0 Å². The quantitative estimate of drug-likeness (QED) is 0.403. The van der Waals surface area contributed by atoms with Gasteiger partial charge in [-0.15, -0.1) is 0 Å². The van der Waals surface area contributed by atoms with E-state index in [4.69, 9.17) is 0 Å². The Bertz CT molecular complexity index is 336. The average Bonchev–Trinajstić information content (AvgIpc) is 2.50. The van der Waals surface area contributed by atoms with Gasteiger partial charge in [0.25, 0.3) is 0 Å². The summed E-state index contributed by atoms with van der Waals surface area (Å²) in [7, 11) is 0. The Morgan fingerprint density at radius 3 is 2.32 bits per heavy atom. The molecule has 6 heteroatoms. The number of hydrogen-bond acceptors (Lipinski definition) is 4. The van der Waals surface area contributed by atoms with Gasteiger partial charge >= 0.3 is 0 Å². The Morgan fingerprint density at radius 1 is 1.09 bits per heavy atom. The molecule has 2 amide bonds. The molecule has 0 unspecified atom stereocenters. The second-order valence-electron chi connectivity index (χ2n) is 6.06. The lowest BCUT2D eigenvalue weighted by Crippen LogP contribution is -2.47. The molecule has 0 aliphatic carbocycles. The molecule has 0 spiro atoms. The van der Waals surface area contributed by atoms with E-state index < -0.39 is 17.4 Å². The van der Waals surface area contributed by atoms with E-state index in [9.17, 15) is 19.8 Å². The van der Waals surface area contributed by atoms with Crippen LogP contribution in [0.4, 0.5) is 0 Å². The summed E-state index contributed by atoms with van der Waals surface area (Å²) in [6.45, 7) is 6.29. The fourth-order valence-corrected chi connectivity index (χ4v) is 2.28. The number of rotatable bonds is 12. The third-order valence-corrected chi connectivity index (χ3v) is 3.84. The molecular weight excluding hydrogens is 284 g/mol. The van der Waals surface area contributed by atoms with Crippen molar-refractivity contribution < 1.29 is 19.8 Å². The zero-order valence-electron chi connectivity index (χ0n) is 14.2. The summed E-state index contributed by atoms with van der Waals surface area (Å²) in [5.74, 6) is -0.645. The lowest BCUT2D eigenvalue weighted by atomic mass is 9.80. The van der Waals surface area contributed by atoms with Gasteiger partial charge < -0.3 is 20.8 Å². The number of carbonyl (C=O) groups is 2. The van der Waals surface area contributed by atoms with Crippen molar-refractivity contribution in [2.24, 2.45) is 5.41 Å². The van der Waals surface area contributed by atoms with Gasteiger partial charge in [-0.3, -0.25) is 9.59 Å².